The zero-order valence-electron chi connectivity index (χ0n) is 11.2. The first-order chi connectivity index (χ1) is 10.6. The monoisotopic (exact) mass is 332 g/mol. The lowest BCUT2D eigenvalue weighted by Crippen LogP contribution is -2.22. The highest BCUT2D eigenvalue weighted by molar-refractivity contribution is 6.49. The van der Waals surface area contributed by atoms with Crippen LogP contribution in [0.25, 0.3) is 10.9 Å². The van der Waals surface area contributed by atoms with Gasteiger partial charge in [-0.3, -0.25) is 9.59 Å². The number of carbonyl (C=O) groups excluding carboxylic acids is 2. The molecule has 0 aliphatic rings. The molecule has 2 aromatic carbocycles. The summed E-state index contributed by atoms with van der Waals surface area (Å²) >= 11 is 11.9. The molecule has 0 saturated heterocycles. The van der Waals surface area contributed by atoms with E-state index in [1.165, 1.54) is 6.20 Å². The van der Waals surface area contributed by atoms with Crippen molar-refractivity contribution in [1.82, 2.24) is 4.98 Å². The number of hydrogen-bond acceptors (Lipinski definition) is 2. The Labute approximate surface area is 136 Å². The summed E-state index contributed by atoms with van der Waals surface area (Å²) in [6, 6.07) is 11.8. The number of rotatable bonds is 3. The van der Waals surface area contributed by atoms with E-state index in [1.807, 2.05) is 0 Å². The van der Waals surface area contributed by atoms with E-state index < -0.39 is 11.7 Å². The number of ketones is 1. The molecular formula is C16H10Cl2N2O2. The molecule has 0 spiro atoms. The minimum Gasteiger partial charge on any atom is -0.360 e. The molecule has 0 fully saturated rings. The van der Waals surface area contributed by atoms with E-state index in [-0.39, 0.29) is 5.56 Å². The molecule has 0 unspecified atom stereocenters. The molecule has 4 nitrogen and oxygen atoms in total. The molecule has 1 amide bonds. The van der Waals surface area contributed by atoms with Crippen molar-refractivity contribution in [2.75, 3.05) is 5.32 Å². The molecule has 1 heterocycles. The van der Waals surface area contributed by atoms with Crippen LogP contribution in [0.15, 0.2) is 48.7 Å². The van der Waals surface area contributed by atoms with Gasteiger partial charge in [0, 0.05) is 22.1 Å². The molecule has 3 rings (SSSR count). The molecule has 110 valence electrons. The van der Waals surface area contributed by atoms with Crippen LogP contribution < -0.4 is 5.32 Å². The zero-order chi connectivity index (χ0) is 15.7. The van der Waals surface area contributed by atoms with Gasteiger partial charge in [0.2, 0.25) is 0 Å². The molecule has 6 heteroatoms. The third kappa shape index (κ3) is 2.71. The Hall–Kier alpha value is -2.30. The molecule has 1 aromatic heterocycles. The molecular weight excluding hydrogens is 323 g/mol. The van der Waals surface area contributed by atoms with Crippen molar-refractivity contribution >= 4 is 51.5 Å². The number of aromatic nitrogens is 1. The normalized spacial score (nSPS) is 10.6. The van der Waals surface area contributed by atoms with Crippen molar-refractivity contribution in [1.29, 1.82) is 0 Å². The second-order valence-electron chi connectivity index (χ2n) is 4.66. The van der Waals surface area contributed by atoms with Crippen molar-refractivity contribution in [3.63, 3.8) is 0 Å². The minimum atomic E-state index is -0.756. The number of aromatic amines is 1. The Morgan fingerprint density at radius 2 is 1.82 bits per heavy atom. The van der Waals surface area contributed by atoms with Gasteiger partial charge in [-0.1, -0.05) is 35.3 Å². The van der Waals surface area contributed by atoms with E-state index in [0.717, 1.165) is 5.52 Å². The molecule has 0 atom stereocenters. The molecule has 22 heavy (non-hydrogen) atoms. The van der Waals surface area contributed by atoms with Crippen LogP contribution in [0.1, 0.15) is 10.4 Å². The Morgan fingerprint density at radius 3 is 2.59 bits per heavy atom. The van der Waals surface area contributed by atoms with E-state index in [0.29, 0.717) is 21.1 Å². The molecule has 3 aromatic rings. The van der Waals surface area contributed by atoms with Gasteiger partial charge in [0.1, 0.15) is 0 Å². The zero-order valence-corrected chi connectivity index (χ0v) is 12.7. The Bertz CT molecular complexity index is 887. The lowest BCUT2D eigenvalue weighted by Gasteiger charge is -2.05. The number of amides is 1. The first kappa shape index (κ1) is 14.6. The molecule has 0 radical (unpaired) electrons. The third-order valence-corrected chi connectivity index (χ3v) is 3.78. The largest absolute Gasteiger partial charge is 0.360 e. The van der Waals surface area contributed by atoms with E-state index in [1.54, 1.807) is 42.5 Å². The number of anilines is 1. The standard InChI is InChI=1S/C16H10Cl2N2O2/c17-9-5-6-13-10(7-9)11(8-19-13)15(21)16(22)20-14-4-2-1-3-12(14)18/h1-8,19H,(H,20,22). The number of hydrogen-bond donors (Lipinski definition) is 2. The minimum absolute atomic E-state index is 0.266. The smallest absolute Gasteiger partial charge is 0.296 e. The topological polar surface area (TPSA) is 62.0 Å². The van der Waals surface area contributed by atoms with Gasteiger partial charge in [-0.15, -0.1) is 0 Å². The maximum absolute atomic E-state index is 12.3. The highest BCUT2D eigenvalue weighted by Gasteiger charge is 2.20. The maximum atomic E-state index is 12.3. The molecule has 0 aliphatic carbocycles. The highest BCUT2D eigenvalue weighted by Crippen LogP contribution is 2.24. The predicted molar refractivity (Wildman–Crippen MR) is 87.7 cm³/mol. The van der Waals surface area contributed by atoms with Crippen molar-refractivity contribution < 1.29 is 9.59 Å². The number of Topliss-reactive ketones (excluding diaryl/α,β-unsaturated/α-hetero) is 1. The van der Waals surface area contributed by atoms with E-state index >= 15 is 0 Å². The SMILES string of the molecule is O=C(Nc1ccccc1Cl)C(=O)c1c[nH]c2ccc(Cl)cc12. The second-order valence-corrected chi connectivity index (χ2v) is 5.50. The molecule has 0 bridgehead atoms. The summed E-state index contributed by atoms with van der Waals surface area (Å²) in [6.07, 6.45) is 1.50. The number of nitrogens with one attached hydrogen (secondary N) is 2. The van der Waals surface area contributed by atoms with Crippen LogP contribution in [-0.4, -0.2) is 16.7 Å². The maximum Gasteiger partial charge on any atom is 0.296 e. The summed E-state index contributed by atoms with van der Waals surface area (Å²) in [6.45, 7) is 0. The van der Waals surface area contributed by atoms with Crippen LogP contribution in [0.5, 0.6) is 0 Å². The van der Waals surface area contributed by atoms with Gasteiger partial charge in [-0.25, -0.2) is 0 Å². The number of para-hydroxylation sites is 1. The number of carbonyl (C=O) groups is 2. The van der Waals surface area contributed by atoms with Gasteiger partial charge in [0.05, 0.1) is 16.3 Å². The van der Waals surface area contributed by atoms with E-state index in [9.17, 15) is 9.59 Å². The van der Waals surface area contributed by atoms with Gasteiger partial charge in [-0.2, -0.15) is 0 Å². The second kappa shape index (κ2) is 5.83. The highest BCUT2D eigenvalue weighted by atomic mass is 35.5. The van der Waals surface area contributed by atoms with Gasteiger partial charge < -0.3 is 10.3 Å². The van der Waals surface area contributed by atoms with E-state index in [4.69, 9.17) is 23.2 Å². The van der Waals surface area contributed by atoms with Crippen LogP contribution in [0.2, 0.25) is 10.0 Å². The van der Waals surface area contributed by atoms with Crippen LogP contribution in [0, 0.1) is 0 Å². The first-order valence-corrected chi connectivity index (χ1v) is 7.18. The lowest BCUT2D eigenvalue weighted by molar-refractivity contribution is -0.112. The fourth-order valence-corrected chi connectivity index (χ4v) is 2.50. The van der Waals surface area contributed by atoms with Crippen LogP contribution in [-0.2, 0) is 4.79 Å². The average molecular weight is 333 g/mol. The van der Waals surface area contributed by atoms with E-state index in [2.05, 4.69) is 10.3 Å². The summed E-state index contributed by atoms with van der Waals surface area (Å²) < 4.78 is 0. The van der Waals surface area contributed by atoms with Crippen LogP contribution >= 0.6 is 23.2 Å². The first-order valence-electron chi connectivity index (χ1n) is 6.43. The quantitative estimate of drug-likeness (QED) is 0.555. The summed E-state index contributed by atoms with van der Waals surface area (Å²) in [7, 11) is 0. The van der Waals surface area contributed by atoms with Gasteiger partial charge in [0.25, 0.3) is 11.7 Å². The number of H-pyrrole nitrogens is 1. The Balaban J connectivity index is 1.91. The Kier molecular flexibility index (Phi) is 3.88. The van der Waals surface area contributed by atoms with Gasteiger partial charge in [0.15, 0.2) is 0 Å². The van der Waals surface area contributed by atoms with Gasteiger partial charge in [-0.05, 0) is 30.3 Å². The molecule has 0 aliphatic heterocycles. The van der Waals surface area contributed by atoms with Crippen molar-refractivity contribution in [3.05, 3.63) is 64.3 Å². The van der Waals surface area contributed by atoms with Crippen LogP contribution in [0.3, 0.4) is 0 Å². The predicted octanol–water partition coefficient (Wildman–Crippen LogP) is 4.30. The molecule has 0 saturated carbocycles. The number of benzene rings is 2. The van der Waals surface area contributed by atoms with Crippen molar-refractivity contribution in [2.45, 2.75) is 0 Å². The average Bonchev–Trinajstić information content (AvgIpc) is 2.91. The summed E-state index contributed by atoms with van der Waals surface area (Å²) in [5.74, 6) is -1.41. The van der Waals surface area contributed by atoms with Crippen LogP contribution in [0.4, 0.5) is 5.69 Å². The lowest BCUT2D eigenvalue weighted by atomic mass is 10.1. The summed E-state index contributed by atoms with van der Waals surface area (Å²) in [4.78, 5) is 27.4. The third-order valence-electron chi connectivity index (χ3n) is 3.22. The number of fused-ring (bicyclic) bond motifs is 1. The van der Waals surface area contributed by atoms with Crippen molar-refractivity contribution in [3.8, 4) is 0 Å². The summed E-state index contributed by atoms with van der Waals surface area (Å²) in [5.41, 5.74) is 1.39. The Morgan fingerprint density at radius 1 is 1.05 bits per heavy atom. The fraction of sp³-hybridized carbons (Fsp3) is 0. The fourth-order valence-electron chi connectivity index (χ4n) is 2.14. The van der Waals surface area contributed by atoms with Crippen molar-refractivity contribution in [2.24, 2.45) is 0 Å². The van der Waals surface area contributed by atoms with Gasteiger partial charge >= 0.3 is 0 Å². The number of halogens is 2. The summed E-state index contributed by atoms with van der Waals surface area (Å²) in [5, 5.41) is 3.97. The molecule has 2 N–H and O–H groups in total.